The van der Waals surface area contributed by atoms with Crippen LogP contribution in [0.5, 0.6) is 5.75 Å². The minimum atomic E-state index is -0.591. The van der Waals surface area contributed by atoms with E-state index < -0.39 is 11.8 Å². The van der Waals surface area contributed by atoms with E-state index in [9.17, 15) is 9.59 Å². The SMILES string of the molecule is COc1ccc(CC(CC(=O)N2CCNCC2C(c2ccccc2)c2ccc(Cl)cc2)C(N)=O)cc1. The first-order valence-corrected chi connectivity index (χ1v) is 12.6. The fourth-order valence-corrected chi connectivity index (χ4v) is 5.07. The summed E-state index contributed by atoms with van der Waals surface area (Å²) < 4.78 is 5.21. The number of rotatable bonds is 9. The van der Waals surface area contributed by atoms with E-state index in [2.05, 4.69) is 17.4 Å². The van der Waals surface area contributed by atoms with E-state index in [0.717, 1.165) is 22.4 Å². The van der Waals surface area contributed by atoms with Crippen molar-refractivity contribution >= 4 is 23.4 Å². The third-order valence-electron chi connectivity index (χ3n) is 6.84. The molecule has 36 heavy (non-hydrogen) atoms. The normalized spacial score (nSPS) is 17.3. The molecule has 2 amide bonds. The molecule has 3 aromatic rings. The maximum absolute atomic E-state index is 13.7. The van der Waals surface area contributed by atoms with Gasteiger partial charge in [-0.25, -0.2) is 0 Å². The van der Waals surface area contributed by atoms with E-state index in [1.807, 2.05) is 71.6 Å². The van der Waals surface area contributed by atoms with Crippen LogP contribution in [0.1, 0.15) is 29.0 Å². The van der Waals surface area contributed by atoms with Gasteiger partial charge in [-0.1, -0.05) is 66.2 Å². The predicted octanol–water partition coefficient (Wildman–Crippen LogP) is 4.02. The fraction of sp³-hybridized carbons (Fsp3) is 0.310. The molecule has 3 aromatic carbocycles. The third-order valence-corrected chi connectivity index (χ3v) is 7.09. The molecular weight excluding hydrogens is 474 g/mol. The zero-order valence-electron chi connectivity index (χ0n) is 20.4. The van der Waals surface area contributed by atoms with Crippen molar-refractivity contribution in [2.24, 2.45) is 11.7 Å². The Labute approximate surface area is 217 Å². The highest BCUT2D eigenvalue weighted by molar-refractivity contribution is 6.30. The Kier molecular flexibility index (Phi) is 8.62. The van der Waals surface area contributed by atoms with E-state index in [1.165, 1.54) is 0 Å². The molecule has 4 rings (SSSR count). The molecule has 1 aliphatic rings. The molecule has 1 saturated heterocycles. The molecule has 3 unspecified atom stereocenters. The summed E-state index contributed by atoms with van der Waals surface area (Å²) in [5.41, 5.74) is 8.89. The molecule has 1 fully saturated rings. The molecule has 0 spiro atoms. The lowest BCUT2D eigenvalue weighted by Gasteiger charge is -2.41. The lowest BCUT2D eigenvalue weighted by molar-refractivity contribution is -0.138. The Morgan fingerprint density at radius 3 is 2.33 bits per heavy atom. The molecule has 3 N–H and O–H groups in total. The molecule has 3 atom stereocenters. The molecule has 7 heteroatoms. The first-order valence-electron chi connectivity index (χ1n) is 12.2. The molecule has 1 aliphatic heterocycles. The number of piperazine rings is 1. The van der Waals surface area contributed by atoms with Gasteiger partial charge in [0.2, 0.25) is 11.8 Å². The van der Waals surface area contributed by atoms with Crippen molar-refractivity contribution in [3.63, 3.8) is 0 Å². The van der Waals surface area contributed by atoms with Gasteiger partial charge >= 0.3 is 0 Å². The van der Waals surface area contributed by atoms with Gasteiger partial charge in [0.15, 0.2) is 0 Å². The number of nitrogens with two attached hydrogens (primary N) is 1. The van der Waals surface area contributed by atoms with Crippen molar-refractivity contribution in [2.45, 2.75) is 24.8 Å². The van der Waals surface area contributed by atoms with Crippen molar-refractivity contribution in [1.82, 2.24) is 10.2 Å². The Morgan fingerprint density at radius 1 is 1.03 bits per heavy atom. The summed E-state index contributed by atoms with van der Waals surface area (Å²) in [4.78, 5) is 27.9. The van der Waals surface area contributed by atoms with Gasteiger partial charge in [-0.2, -0.15) is 0 Å². The monoisotopic (exact) mass is 505 g/mol. The molecule has 0 saturated carbocycles. The lowest BCUT2D eigenvalue weighted by Crippen LogP contribution is -2.56. The van der Waals surface area contributed by atoms with Crippen molar-refractivity contribution in [3.8, 4) is 5.75 Å². The highest BCUT2D eigenvalue weighted by atomic mass is 35.5. The maximum atomic E-state index is 13.7. The molecular formula is C29H32ClN3O3. The van der Waals surface area contributed by atoms with Crippen LogP contribution in [0, 0.1) is 5.92 Å². The Hall–Kier alpha value is -3.35. The molecule has 0 aliphatic carbocycles. The topological polar surface area (TPSA) is 84.7 Å². The largest absolute Gasteiger partial charge is 0.497 e. The second kappa shape index (κ2) is 12.1. The van der Waals surface area contributed by atoms with Crippen LogP contribution >= 0.6 is 11.6 Å². The average Bonchev–Trinajstić information content (AvgIpc) is 2.91. The van der Waals surface area contributed by atoms with Gasteiger partial charge < -0.3 is 20.7 Å². The lowest BCUT2D eigenvalue weighted by atomic mass is 9.83. The number of benzene rings is 3. The smallest absolute Gasteiger partial charge is 0.223 e. The van der Waals surface area contributed by atoms with Crippen LogP contribution in [-0.2, 0) is 16.0 Å². The van der Waals surface area contributed by atoms with Gasteiger partial charge in [0.25, 0.3) is 0 Å². The molecule has 188 valence electrons. The van der Waals surface area contributed by atoms with Crippen molar-refractivity contribution < 1.29 is 14.3 Å². The number of ether oxygens (including phenoxy) is 1. The number of nitrogens with one attached hydrogen (secondary N) is 1. The zero-order chi connectivity index (χ0) is 25.5. The number of primary amides is 1. The molecule has 1 heterocycles. The van der Waals surface area contributed by atoms with E-state index in [1.54, 1.807) is 7.11 Å². The van der Waals surface area contributed by atoms with Crippen LogP contribution in [0.15, 0.2) is 78.9 Å². The highest BCUT2D eigenvalue weighted by Gasteiger charge is 2.36. The standard InChI is InChI=1S/C29H32ClN3O3/c1-36-25-13-7-20(8-14-25)17-23(29(31)35)18-27(34)33-16-15-32-19-26(33)28(21-5-3-2-4-6-21)22-9-11-24(30)12-10-22/h2-14,23,26,28,32H,15-19H2,1H3,(H2,31,35). The number of halogens is 1. The van der Waals surface area contributed by atoms with Crippen LogP contribution in [0.25, 0.3) is 0 Å². The number of carbonyl (C=O) groups is 2. The summed E-state index contributed by atoms with van der Waals surface area (Å²) in [5, 5.41) is 4.12. The first kappa shape index (κ1) is 25.7. The minimum absolute atomic E-state index is 0.0474. The first-order chi connectivity index (χ1) is 17.5. The van der Waals surface area contributed by atoms with Crippen LogP contribution in [-0.4, -0.2) is 49.5 Å². The second-order valence-corrected chi connectivity index (χ2v) is 9.59. The third kappa shape index (κ3) is 6.25. The van der Waals surface area contributed by atoms with Crippen molar-refractivity contribution in [3.05, 3.63) is 101 Å². The number of carbonyl (C=O) groups excluding carboxylic acids is 2. The van der Waals surface area contributed by atoms with Gasteiger partial charge in [-0.3, -0.25) is 9.59 Å². The maximum Gasteiger partial charge on any atom is 0.223 e. The highest BCUT2D eigenvalue weighted by Crippen LogP contribution is 2.33. The average molecular weight is 506 g/mol. The number of amides is 2. The second-order valence-electron chi connectivity index (χ2n) is 9.15. The van der Waals surface area contributed by atoms with Crippen LogP contribution in [0.3, 0.4) is 0 Å². The quantitative estimate of drug-likeness (QED) is 0.460. The summed E-state index contributed by atoms with van der Waals surface area (Å²) in [6.45, 7) is 1.91. The minimum Gasteiger partial charge on any atom is -0.497 e. The summed E-state index contributed by atoms with van der Waals surface area (Å²) in [6, 6.07) is 25.4. The summed E-state index contributed by atoms with van der Waals surface area (Å²) in [5.74, 6) is -0.430. The fourth-order valence-electron chi connectivity index (χ4n) is 4.95. The van der Waals surface area contributed by atoms with E-state index in [4.69, 9.17) is 22.1 Å². The van der Waals surface area contributed by atoms with E-state index >= 15 is 0 Å². The van der Waals surface area contributed by atoms with Gasteiger partial charge in [-0.15, -0.1) is 0 Å². The summed E-state index contributed by atoms with van der Waals surface area (Å²) in [6.07, 6.45) is 0.473. The Bertz CT molecular complexity index is 1150. The van der Waals surface area contributed by atoms with Crippen molar-refractivity contribution in [2.75, 3.05) is 26.7 Å². The Balaban J connectivity index is 1.58. The van der Waals surface area contributed by atoms with Gasteiger partial charge in [0, 0.05) is 37.0 Å². The molecule has 0 radical (unpaired) electrons. The number of hydrogen-bond donors (Lipinski definition) is 2. The van der Waals surface area contributed by atoms with E-state index in [-0.39, 0.29) is 24.3 Å². The van der Waals surface area contributed by atoms with Gasteiger partial charge in [-0.05, 0) is 47.4 Å². The van der Waals surface area contributed by atoms with Crippen LogP contribution < -0.4 is 15.8 Å². The molecule has 0 aromatic heterocycles. The number of methoxy groups -OCH3 is 1. The Morgan fingerprint density at radius 2 is 1.69 bits per heavy atom. The van der Waals surface area contributed by atoms with E-state index in [0.29, 0.717) is 31.1 Å². The van der Waals surface area contributed by atoms with Gasteiger partial charge in [0.05, 0.1) is 19.1 Å². The molecule has 0 bridgehead atoms. The zero-order valence-corrected chi connectivity index (χ0v) is 21.2. The van der Waals surface area contributed by atoms with Crippen molar-refractivity contribution in [1.29, 1.82) is 0 Å². The van der Waals surface area contributed by atoms with Crippen LogP contribution in [0.4, 0.5) is 0 Å². The van der Waals surface area contributed by atoms with Gasteiger partial charge in [0.1, 0.15) is 5.75 Å². The summed E-state index contributed by atoms with van der Waals surface area (Å²) in [7, 11) is 1.61. The number of hydrogen-bond acceptors (Lipinski definition) is 4. The van der Waals surface area contributed by atoms with Crippen LogP contribution in [0.2, 0.25) is 5.02 Å². The molecule has 6 nitrogen and oxygen atoms in total. The summed E-state index contributed by atoms with van der Waals surface area (Å²) >= 11 is 6.17. The number of nitrogens with zero attached hydrogens (tertiary/aromatic N) is 1. The predicted molar refractivity (Wildman–Crippen MR) is 142 cm³/mol.